The summed E-state index contributed by atoms with van der Waals surface area (Å²) in [4.78, 5) is 0. The van der Waals surface area contributed by atoms with E-state index in [-0.39, 0.29) is 0 Å². The minimum Gasteiger partial charge on any atom is -0.313 e. The summed E-state index contributed by atoms with van der Waals surface area (Å²) in [6.45, 7) is 5.50. The molecule has 1 fully saturated rings. The van der Waals surface area contributed by atoms with E-state index in [0.29, 0.717) is 11.5 Å². The third-order valence-electron chi connectivity index (χ3n) is 3.76. The topological polar surface area (TPSA) is 12.0 Å². The fourth-order valence-electron chi connectivity index (χ4n) is 2.28. The van der Waals surface area contributed by atoms with Gasteiger partial charge in [-0.05, 0) is 55.0 Å². The molecule has 94 valence electrons. The van der Waals surface area contributed by atoms with Gasteiger partial charge in [0.2, 0.25) is 0 Å². The summed E-state index contributed by atoms with van der Waals surface area (Å²) in [6, 6.07) is 6.22. The van der Waals surface area contributed by atoms with Crippen LogP contribution in [0.4, 0.5) is 0 Å². The van der Waals surface area contributed by atoms with Crippen LogP contribution in [0.25, 0.3) is 0 Å². The van der Waals surface area contributed by atoms with Crippen molar-refractivity contribution in [2.75, 3.05) is 6.54 Å². The Hall–Kier alpha value is -0.240. The number of benzene rings is 1. The van der Waals surface area contributed by atoms with Gasteiger partial charge in [0, 0.05) is 16.1 Å². The molecule has 0 amide bonds. The first-order valence-corrected chi connectivity index (χ1v) is 6.98. The molecule has 0 bridgehead atoms. The molecule has 1 atom stereocenters. The molecule has 1 aromatic rings. The van der Waals surface area contributed by atoms with Gasteiger partial charge < -0.3 is 5.32 Å². The lowest BCUT2D eigenvalue weighted by molar-refractivity contribution is 0.360. The van der Waals surface area contributed by atoms with Crippen LogP contribution in [0.5, 0.6) is 0 Å². The first-order chi connectivity index (χ1) is 8.05. The van der Waals surface area contributed by atoms with Gasteiger partial charge in [-0.2, -0.15) is 0 Å². The minimum atomic E-state index is 0.446. The Morgan fingerprint density at radius 2 is 2.06 bits per heavy atom. The molecule has 0 aliphatic heterocycles. The van der Waals surface area contributed by atoms with Crippen molar-refractivity contribution < 1.29 is 0 Å². The molecule has 1 saturated carbocycles. The minimum absolute atomic E-state index is 0.446. The van der Waals surface area contributed by atoms with Crippen molar-refractivity contribution in [3.8, 4) is 0 Å². The molecule has 0 saturated heterocycles. The molecular weight excluding hydrogens is 253 g/mol. The van der Waals surface area contributed by atoms with Gasteiger partial charge in [0.15, 0.2) is 0 Å². The van der Waals surface area contributed by atoms with Crippen molar-refractivity contribution in [2.45, 2.75) is 39.2 Å². The zero-order chi connectivity index (χ0) is 12.5. The Labute approximate surface area is 114 Å². The molecular formula is C14H19Cl2N. The average molecular weight is 272 g/mol. The predicted molar refractivity (Wildman–Crippen MR) is 75.0 cm³/mol. The Morgan fingerprint density at radius 3 is 2.65 bits per heavy atom. The highest BCUT2D eigenvalue weighted by atomic mass is 35.5. The maximum Gasteiger partial charge on any atom is 0.0439 e. The number of likely N-dealkylation sites (N-methyl/N-ethyl adjacent to an activating group) is 1. The van der Waals surface area contributed by atoms with Crippen LogP contribution in [0, 0.1) is 5.41 Å². The van der Waals surface area contributed by atoms with Gasteiger partial charge in [-0.1, -0.05) is 37.0 Å². The van der Waals surface area contributed by atoms with Gasteiger partial charge in [0.05, 0.1) is 0 Å². The number of nitrogens with one attached hydrogen (secondary N) is 1. The lowest BCUT2D eigenvalue weighted by Gasteiger charge is -2.25. The van der Waals surface area contributed by atoms with Crippen LogP contribution in [-0.4, -0.2) is 12.6 Å². The number of hydrogen-bond acceptors (Lipinski definition) is 1. The molecule has 1 nitrogen and oxygen atoms in total. The van der Waals surface area contributed by atoms with Crippen LogP contribution < -0.4 is 5.32 Å². The van der Waals surface area contributed by atoms with Crippen molar-refractivity contribution in [3.63, 3.8) is 0 Å². The van der Waals surface area contributed by atoms with Crippen LogP contribution >= 0.6 is 23.2 Å². The summed E-state index contributed by atoms with van der Waals surface area (Å²) in [7, 11) is 0. The second-order valence-electron chi connectivity index (χ2n) is 5.20. The Bertz CT molecular complexity index is 399. The SMILES string of the molecule is CCNC(Cc1cc(Cl)ccc1Cl)C1(C)CC1. The van der Waals surface area contributed by atoms with E-state index in [1.807, 2.05) is 18.2 Å². The monoisotopic (exact) mass is 271 g/mol. The zero-order valence-corrected chi connectivity index (χ0v) is 11.9. The summed E-state index contributed by atoms with van der Waals surface area (Å²) in [5.41, 5.74) is 1.60. The van der Waals surface area contributed by atoms with Gasteiger partial charge in [-0.25, -0.2) is 0 Å². The lowest BCUT2D eigenvalue weighted by atomic mass is 9.92. The Morgan fingerprint density at radius 1 is 1.35 bits per heavy atom. The molecule has 17 heavy (non-hydrogen) atoms. The van der Waals surface area contributed by atoms with Crippen molar-refractivity contribution >= 4 is 23.2 Å². The van der Waals surface area contributed by atoms with Gasteiger partial charge >= 0.3 is 0 Å². The largest absolute Gasteiger partial charge is 0.313 e. The maximum atomic E-state index is 6.22. The highest BCUT2D eigenvalue weighted by molar-refractivity contribution is 6.33. The van der Waals surface area contributed by atoms with Crippen LogP contribution in [0.1, 0.15) is 32.3 Å². The van der Waals surface area contributed by atoms with Crippen molar-refractivity contribution in [1.82, 2.24) is 5.32 Å². The van der Waals surface area contributed by atoms with Gasteiger partial charge in [0.25, 0.3) is 0 Å². The highest BCUT2D eigenvalue weighted by Gasteiger charge is 2.44. The fourth-order valence-corrected chi connectivity index (χ4v) is 2.67. The summed E-state index contributed by atoms with van der Waals surface area (Å²) in [5.74, 6) is 0. The summed E-state index contributed by atoms with van der Waals surface area (Å²) in [6.07, 6.45) is 3.58. The van der Waals surface area contributed by atoms with E-state index < -0.39 is 0 Å². The van der Waals surface area contributed by atoms with E-state index in [9.17, 15) is 0 Å². The Balaban J connectivity index is 2.14. The lowest BCUT2D eigenvalue weighted by Crippen LogP contribution is -2.38. The predicted octanol–water partition coefficient (Wildman–Crippen LogP) is 4.31. The summed E-state index contributed by atoms with van der Waals surface area (Å²) in [5, 5.41) is 5.16. The fraction of sp³-hybridized carbons (Fsp3) is 0.571. The van der Waals surface area contributed by atoms with E-state index in [2.05, 4.69) is 19.2 Å². The second-order valence-corrected chi connectivity index (χ2v) is 6.05. The molecule has 1 aliphatic rings. The third kappa shape index (κ3) is 3.15. The molecule has 1 unspecified atom stereocenters. The Kier molecular flexibility index (Phi) is 4.02. The normalized spacial score (nSPS) is 19.1. The van der Waals surface area contributed by atoms with Gasteiger partial charge in [-0.15, -0.1) is 0 Å². The molecule has 1 aromatic carbocycles. The van der Waals surface area contributed by atoms with Crippen LogP contribution in [-0.2, 0) is 6.42 Å². The highest BCUT2D eigenvalue weighted by Crippen LogP contribution is 2.49. The van der Waals surface area contributed by atoms with Crippen LogP contribution in [0.3, 0.4) is 0 Å². The van der Waals surface area contributed by atoms with Gasteiger partial charge in [-0.3, -0.25) is 0 Å². The molecule has 3 heteroatoms. The number of rotatable bonds is 5. The molecule has 1 N–H and O–H groups in total. The molecule has 1 aliphatic carbocycles. The average Bonchev–Trinajstić information content (AvgIpc) is 3.02. The van der Waals surface area contributed by atoms with Crippen molar-refractivity contribution in [1.29, 1.82) is 0 Å². The first kappa shape index (κ1) is 13.2. The van der Waals surface area contributed by atoms with E-state index in [1.165, 1.54) is 12.8 Å². The van der Waals surface area contributed by atoms with E-state index in [4.69, 9.17) is 23.2 Å². The molecule has 0 spiro atoms. The van der Waals surface area contributed by atoms with Crippen molar-refractivity contribution in [2.24, 2.45) is 5.41 Å². The molecule has 0 aromatic heterocycles. The summed E-state index contributed by atoms with van der Waals surface area (Å²) < 4.78 is 0. The smallest absolute Gasteiger partial charge is 0.0439 e. The number of hydrogen-bond donors (Lipinski definition) is 1. The van der Waals surface area contributed by atoms with Crippen LogP contribution in [0.2, 0.25) is 10.0 Å². The molecule has 0 radical (unpaired) electrons. The molecule has 2 rings (SSSR count). The first-order valence-electron chi connectivity index (χ1n) is 6.22. The zero-order valence-electron chi connectivity index (χ0n) is 10.4. The number of halogens is 2. The third-order valence-corrected chi connectivity index (χ3v) is 4.37. The standard InChI is InChI=1S/C14H19Cl2N/c1-3-17-13(14(2)6-7-14)9-10-8-11(15)4-5-12(10)16/h4-5,8,13,17H,3,6-7,9H2,1-2H3. The van der Waals surface area contributed by atoms with Crippen LogP contribution in [0.15, 0.2) is 18.2 Å². The maximum absolute atomic E-state index is 6.22. The van der Waals surface area contributed by atoms with E-state index in [0.717, 1.165) is 28.6 Å². The quantitative estimate of drug-likeness (QED) is 0.842. The van der Waals surface area contributed by atoms with E-state index >= 15 is 0 Å². The van der Waals surface area contributed by atoms with E-state index in [1.54, 1.807) is 0 Å². The van der Waals surface area contributed by atoms with Crippen molar-refractivity contribution in [3.05, 3.63) is 33.8 Å². The summed E-state index contributed by atoms with van der Waals surface area (Å²) >= 11 is 12.3. The second kappa shape index (κ2) is 5.17. The molecule has 0 heterocycles. The van der Waals surface area contributed by atoms with Gasteiger partial charge in [0.1, 0.15) is 0 Å².